The molecule has 6 nitrogen and oxygen atoms in total. The molecule has 6 heteroatoms. The Morgan fingerprint density at radius 1 is 0.951 bits per heavy atom. The minimum absolute atomic E-state index is 0.101. The maximum atomic E-state index is 10.5. The second-order valence-corrected chi connectivity index (χ2v) is 15.7. The molecule has 14 unspecified atom stereocenters. The van der Waals surface area contributed by atoms with E-state index in [1.807, 2.05) is 0 Å². The maximum Gasteiger partial charge on any atom is 0.186 e. The van der Waals surface area contributed by atoms with Gasteiger partial charge < -0.3 is 29.9 Å². The van der Waals surface area contributed by atoms with Crippen LogP contribution in [0.5, 0.6) is 0 Å². The van der Waals surface area contributed by atoms with Gasteiger partial charge in [-0.25, -0.2) is 0 Å². The van der Waals surface area contributed by atoms with Gasteiger partial charge in [-0.15, -0.1) is 0 Å². The molecule has 41 heavy (non-hydrogen) atoms. The zero-order chi connectivity index (χ0) is 29.7. The molecule has 5 rings (SSSR count). The number of rotatable bonds is 9. The van der Waals surface area contributed by atoms with Crippen molar-refractivity contribution in [3.63, 3.8) is 0 Å². The van der Waals surface area contributed by atoms with Gasteiger partial charge in [0.15, 0.2) is 6.29 Å². The molecule has 5 aliphatic rings. The minimum atomic E-state index is -1.40. The third kappa shape index (κ3) is 5.73. The highest BCUT2D eigenvalue weighted by Gasteiger charge is 2.59. The van der Waals surface area contributed by atoms with Crippen molar-refractivity contribution in [1.29, 1.82) is 0 Å². The van der Waals surface area contributed by atoms with Crippen molar-refractivity contribution in [2.24, 2.45) is 52.3 Å². The predicted molar refractivity (Wildman–Crippen MR) is 161 cm³/mol. The molecule has 1 aliphatic heterocycles. The zero-order valence-corrected chi connectivity index (χ0v) is 26.7. The molecule has 4 aliphatic carbocycles. The SMILES string of the molecule is CCC(CCC(C)C1CCC2C3CC=C4CC(OC5OC(CO)C(O)C(O)C5O)CCC4(C)C3CCC12C)C(C)C. The highest BCUT2D eigenvalue weighted by molar-refractivity contribution is 5.25. The van der Waals surface area contributed by atoms with Crippen LogP contribution in [0.3, 0.4) is 0 Å². The van der Waals surface area contributed by atoms with Gasteiger partial charge in [0, 0.05) is 0 Å². The van der Waals surface area contributed by atoms with Gasteiger partial charge in [0.1, 0.15) is 24.4 Å². The van der Waals surface area contributed by atoms with E-state index in [0.29, 0.717) is 5.41 Å². The molecule has 3 saturated carbocycles. The van der Waals surface area contributed by atoms with Crippen LogP contribution in [-0.4, -0.2) is 63.8 Å². The zero-order valence-electron chi connectivity index (χ0n) is 26.7. The molecule has 4 fully saturated rings. The summed E-state index contributed by atoms with van der Waals surface area (Å²) in [5, 5.41) is 40.4. The first-order valence-electron chi connectivity index (χ1n) is 17.1. The summed E-state index contributed by atoms with van der Waals surface area (Å²) in [6.07, 6.45) is 9.92. The molecule has 0 amide bonds. The lowest BCUT2D eigenvalue weighted by Crippen LogP contribution is -2.60. The highest BCUT2D eigenvalue weighted by atomic mass is 16.7. The van der Waals surface area contributed by atoms with E-state index in [-0.39, 0.29) is 11.5 Å². The molecule has 236 valence electrons. The van der Waals surface area contributed by atoms with Crippen LogP contribution in [0, 0.1) is 52.3 Å². The molecule has 14 atom stereocenters. The molecule has 1 saturated heterocycles. The fourth-order valence-corrected chi connectivity index (χ4v) is 10.8. The Bertz CT molecular complexity index is 918. The molecule has 0 radical (unpaired) electrons. The standard InChI is InChI=1S/C35H60O6/c1-7-22(20(2)3)9-8-21(4)26-12-13-27-25-11-10-23-18-24(14-16-34(23,5)28(25)15-17-35(26,27)6)40-33-32(39)31(38)30(37)29(19-36)41-33/h10,20-22,24-33,36-39H,7-9,11-19H2,1-6H3. The van der Waals surface area contributed by atoms with Crippen molar-refractivity contribution in [3.8, 4) is 0 Å². The summed E-state index contributed by atoms with van der Waals surface area (Å²) in [5.41, 5.74) is 2.19. The second kappa shape index (κ2) is 12.5. The summed E-state index contributed by atoms with van der Waals surface area (Å²) >= 11 is 0. The quantitative estimate of drug-likeness (QED) is 0.257. The maximum absolute atomic E-state index is 10.5. The summed E-state index contributed by atoms with van der Waals surface area (Å²) < 4.78 is 11.9. The normalized spacial score (nSPS) is 47.7. The summed E-state index contributed by atoms with van der Waals surface area (Å²) in [7, 11) is 0. The summed E-state index contributed by atoms with van der Waals surface area (Å²) in [5.74, 6) is 5.66. The summed E-state index contributed by atoms with van der Waals surface area (Å²) in [4.78, 5) is 0. The molecule has 0 spiro atoms. The summed E-state index contributed by atoms with van der Waals surface area (Å²) in [6.45, 7) is 14.5. The lowest BCUT2D eigenvalue weighted by Gasteiger charge is -2.58. The van der Waals surface area contributed by atoms with Gasteiger partial charge in [0.2, 0.25) is 0 Å². The largest absolute Gasteiger partial charge is 0.394 e. The van der Waals surface area contributed by atoms with Crippen LogP contribution in [0.4, 0.5) is 0 Å². The molecule has 0 aromatic rings. The Kier molecular flexibility index (Phi) is 9.71. The summed E-state index contributed by atoms with van der Waals surface area (Å²) in [6, 6.07) is 0. The van der Waals surface area contributed by atoms with E-state index in [0.717, 1.165) is 60.7 Å². The lowest BCUT2D eigenvalue weighted by molar-refractivity contribution is -0.313. The van der Waals surface area contributed by atoms with Crippen LogP contribution in [0.25, 0.3) is 0 Å². The van der Waals surface area contributed by atoms with Crippen molar-refractivity contribution >= 4 is 0 Å². The lowest BCUT2D eigenvalue weighted by atomic mass is 9.47. The Balaban J connectivity index is 1.24. The fraction of sp³-hybridized carbons (Fsp3) is 0.943. The van der Waals surface area contributed by atoms with Gasteiger partial charge >= 0.3 is 0 Å². The van der Waals surface area contributed by atoms with Gasteiger partial charge in [-0.1, -0.05) is 66.0 Å². The number of aliphatic hydroxyl groups excluding tert-OH is 4. The number of allylic oxidation sites excluding steroid dienone is 1. The van der Waals surface area contributed by atoms with Gasteiger partial charge in [-0.05, 0) is 110 Å². The smallest absolute Gasteiger partial charge is 0.186 e. The average molecular weight is 577 g/mol. The third-order valence-electron chi connectivity index (χ3n) is 13.5. The van der Waals surface area contributed by atoms with E-state index < -0.39 is 37.3 Å². The van der Waals surface area contributed by atoms with E-state index in [2.05, 4.69) is 47.6 Å². The third-order valence-corrected chi connectivity index (χ3v) is 13.5. The molecular weight excluding hydrogens is 516 g/mol. The molecule has 1 heterocycles. The first kappa shape index (κ1) is 31.9. The van der Waals surface area contributed by atoms with Crippen LogP contribution < -0.4 is 0 Å². The molecule has 0 bridgehead atoms. The van der Waals surface area contributed by atoms with Crippen LogP contribution >= 0.6 is 0 Å². The average Bonchev–Trinajstić information content (AvgIpc) is 3.30. The van der Waals surface area contributed by atoms with E-state index in [1.54, 1.807) is 0 Å². The number of hydrogen-bond acceptors (Lipinski definition) is 6. The van der Waals surface area contributed by atoms with Gasteiger partial charge in [0.05, 0.1) is 12.7 Å². The highest BCUT2D eigenvalue weighted by Crippen LogP contribution is 2.67. The van der Waals surface area contributed by atoms with Gasteiger partial charge in [-0.3, -0.25) is 0 Å². The van der Waals surface area contributed by atoms with Crippen LogP contribution in [0.2, 0.25) is 0 Å². The van der Waals surface area contributed by atoms with Crippen LogP contribution in [0.15, 0.2) is 11.6 Å². The topological polar surface area (TPSA) is 99.4 Å². The van der Waals surface area contributed by atoms with Gasteiger partial charge in [0.25, 0.3) is 0 Å². The molecular formula is C35H60O6. The van der Waals surface area contributed by atoms with Crippen molar-refractivity contribution < 1.29 is 29.9 Å². The number of fused-ring (bicyclic) bond motifs is 5. The van der Waals surface area contributed by atoms with Crippen LogP contribution in [0.1, 0.15) is 112 Å². The molecule has 0 aromatic carbocycles. The number of aliphatic hydroxyl groups is 4. The van der Waals surface area contributed by atoms with Crippen molar-refractivity contribution in [2.45, 2.75) is 149 Å². The Morgan fingerprint density at radius 3 is 2.39 bits per heavy atom. The van der Waals surface area contributed by atoms with E-state index in [1.165, 1.54) is 56.9 Å². The van der Waals surface area contributed by atoms with E-state index in [4.69, 9.17) is 9.47 Å². The second-order valence-electron chi connectivity index (χ2n) is 15.7. The molecule has 4 N–H and O–H groups in total. The first-order valence-corrected chi connectivity index (χ1v) is 17.1. The fourth-order valence-electron chi connectivity index (χ4n) is 10.8. The van der Waals surface area contributed by atoms with Crippen molar-refractivity contribution in [2.75, 3.05) is 6.61 Å². The Hall–Kier alpha value is -0.500. The van der Waals surface area contributed by atoms with Crippen LogP contribution in [-0.2, 0) is 9.47 Å². The Labute approximate surface area is 249 Å². The van der Waals surface area contributed by atoms with Crippen molar-refractivity contribution in [1.82, 2.24) is 0 Å². The minimum Gasteiger partial charge on any atom is -0.394 e. The monoisotopic (exact) mass is 576 g/mol. The van der Waals surface area contributed by atoms with E-state index >= 15 is 0 Å². The predicted octanol–water partition coefficient (Wildman–Crippen LogP) is 5.85. The molecule has 0 aromatic heterocycles. The Morgan fingerprint density at radius 2 is 1.71 bits per heavy atom. The van der Waals surface area contributed by atoms with E-state index in [9.17, 15) is 20.4 Å². The van der Waals surface area contributed by atoms with Crippen molar-refractivity contribution in [3.05, 3.63) is 11.6 Å². The first-order chi connectivity index (χ1) is 19.4. The number of ether oxygens (including phenoxy) is 2. The van der Waals surface area contributed by atoms with Gasteiger partial charge in [-0.2, -0.15) is 0 Å². The number of hydrogen-bond donors (Lipinski definition) is 4.